The van der Waals surface area contributed by atoms with Gasteiger partial charge < -0.3 is 9.32 Å². The van der Waals surface area contributed by atoms with E-state index in [9.17, 15) is 0 Å². The number of rotatable bonds is 7. The number of piperazine rings is 1. The minimum atomic E-state index is 0.211. The predicted octanol–water partition coefficient (Wildman–Crippen LogP) is 3.22. The highest BCUT2D eigenvalue weighted by atomic mass is 16.3. The molecule has 1 fully saturated rings. The molecule has 2 aromatic heterocycles. The molecule has 0 N–H and O–H groups in total. The number of furan rings is 1. The van der Waals surface area contributed by atoms with Crippen LogP contribution in [0, 0.1) is 5.92 Å². The molecule has 0 aliphatic carbocycles. The molecule has 3 aromatic rings. The summed E-state index contributed by atoms with van der Waals surface area (Å²) in [6.45, 7) is 9.10. The van der Waals surface area contributed by atoms with Crippen molar-refractivity contribution in [2.75, 3.05) is 31.1 Å². The van der Waals surface area contributed by atoms with Crippen molar-refractivity contribution >= 4 is 5.69 Å². The highest BCUT2D eigenvalue weighted by Gasteiger charge is 2.30. The van der Waals surface area contributed by atoms with Crippen molar-refractivity contribution in [2.24, 2.45) is 5.92 Å². The van der Waals surface area contributed by atoms with Gasteiger partial charge >= 0.3 is 0 Å². The van der Waals surface area contributed by atoms with Crippen molar-refractivity contribution in [1.29, 1.82) is 0 Å². The molecule has 1 atom stereocenters. The Bertz CT molecular complexity index is 837. The van der Waals surface area contributed by atoms with Crippen molar-refractivity contribution in [1.82, 2.24) is 25.1 Å². The first-order valence-corrected chi connectivity index (χ1v) is 10.0. The SMILES string of the molecule is CC(C)C[C@@H](c1nnnn1Cc1ccco1)N1CCN(c2ccccc2)CC1. The summed E-state index contributed by atoms with van der Waals surface area (Å²) in [4.78, 5) is 4.98. The first kappa shape index (κ1) is 18.7. The van der Waals surface area contributed by atoms with Crippen LogP contribution in [0.5, 0.6) is 0 Å². The van der Waals surface area contributed by atoms with Crippen LogP contribution in [0.4, 0.5) is 5.69 Å². The summed E-state index contributed by atoms with van der Waals surface area (Å²) in [6, 6.07) is 14.7. The zero-order valence-electron chi connectivity index (χ0n) is 16.6. The molecule has 1 aromatic carbocycles. The average Bonchev–Trinajstić information content (AvgIpc) is 3.39. The van der Waals surface area contributed by atoms with E-state index < -0.39 is 0 Å². The van der Waals surface area contributed by atoms with Gasteiger partial charge in [-0.05, 0) is 47.0 Å². The highest BCUT2D eigenvalue weighted by molar-refractivity contribution is 5.46. The van der Waals surface area contributed by atoms with Crippen LogP contribution in [-0.2, 0) is 6.54 Å². The van der Waals surface area contributed by atoms with Crippen LogP contribution in [0.1, 0.15) is 37.9 Å². The summed E-state index contributed by atoms with van der Waals surface area (Å²) >= 11 is 0. The van der Waals surface area contributed by atoms with Crippen molar-refractivity contribution in [3.63, 3.8) is 0 Å². The summed E-state index contributed by atoms with van der Waals surface area (Å²) < 4.78 is 7.38. The molecule has 1 aliphatic rings. The van der Waals surface area contributed by atoms with Gasteiger partial charge in [-0.15, -0.1) is 5.10 Å². The second kappa shape index (κ2) is 8.56. The lowest BCUT2D eigenvalue weighted by Gasteiger charge is -2.40. The fourth-order valence-electron chi connectivity index (χ4n) is 3.91. The number of nitrogens with zero attached hydrogens (tertiary/aromatic N) is 6. The molecule has 0 unspecified atom stereocenters. The number of tetrazole rings is 1. The second-order valence-electron chi connectivity index (χ2n) is 7.78. The van der Waals surface area contributed by atoms with E-state index in [0.717, 1.165) is 44.2 Å². The van der Waals surface area contributed by atoms with E-state index in [1.54, 1.807) is 6.26 Å². The van der Waals surface area contributed by atoms with Gasteiger partial charge in [-0.3, -0.25) is 4.90 Å². The number of aromatic nitrogens is 4. The number of para-hydroxylation sites is 1. The molecule has 3 heterocycles. The van der Waals surface area contributed by atoms with Gasteiger partial charge in [0.25, 0.3) is 0 Å². The van der Waals surface area contributed by atoms with Crippen LogP contribution in [0.15, 0.2) is 53.1 Å². The van der Waals surface area contributed by atoms with Crippen LogP contribution in [-0.4, -0.2) is 51.3 Å². The summed E-state index contributed by atoms with van der Waals surface area (Å²) in [6.07, 6.45) is 2.72. The summed E-state index contributed by atoms with van der Waals surface area (Å²) in [7, 11) is 0. The predicted molar refractivity (Wildman–Crippen MR) is 108 cm³/mol. The van der Waals surface area contributed by atoms with Gasteiger partial charge in [0.05, 0.1) is 12.3 Å². The Hall–Kier alpha value is -2.67. The lowest BCUT2D eigenvalue weighted by atomic mass is 10.0. The maximum atomic E-state index is 5.49. The van der Waals surface area contributed by atoms with E-state index in [2.05, 4.69) is 69.5 Å². The first-order valence-electron chi connectivity index (χ1n) is 10.0. The summed E-state index contributed by atoms with van der Waals surface area (Å²) in [5.74, 6) is 2.36. The molecule has 1 saturated heterocycles. The number of hydrogen-bond acceptors (Lipinski definition) is 6. The molecule has 0 radical (unpaired) electrons. The molecule has 0 bridgehead atoms. The minimum absolute atomic E-state index is 0.211. The number of anilines is 1. The van der Waals surface area contributed by atoms with Gasteiger partial charge in [-0.25, -0.2) is 4.68 Å². The Labute approximate surface area is 165 Å². The average molecular weight is 380 g/mol. The van der Waals surface area contributed by atoms with E-state index >= 15 is 0 Å². The van der Waals surface area contributed by atoms with E-state index in [-0.39, 0.29) is 6.04 Å². The summed E-state index contributed by atoms with van der Waals surface area (Å²) in [5.41, 5.74) is 1.30. The van der Waals surface area contributed by atoms with E-state index in [1.165, 1.54) is 5.69 Å². The zero-order valence-corrected chi connectivity index (χ0v) is 16.6. The molecule has 7 heteroatoms. The van der Waals surface area contributed by atoms with Crippen LogP contribution < -0.4 is 4.90 Å². The van der Waals surface area contributed by atoms with Crippen molar-refractivity contribution < 1.29 is 4.42 Å². The van der Waals surface area contributed by atoms with Gasteiger partial charge in [0.1, 0.15) is 12.3 Å². The molecule has 0 amide bonds. The molecule has 0 saturated carbocycles. The lowest BCUT2D eigenvalue weighted by molar-refractivity contribution is 0.153. The Morgan fingerprint density at radius 2 is 1.79 bits per heavy atom. The fourth-order valence-corrected chi connectivity index (χ4v) is 3.91. The van der Waals surface area contributed by atoms with E-state index in [1.807, 2.05) is 16.8 Å². The quantitative estimate of drug-likeness (QED) is 0.627. The van der Waals surface area contributed by atoms with Crippen LogP contribution in [0.25, 0.3) is 0 Å². The molecular weight excluding hydrogens is 352 g/mol. The highest BCUT2D eigenvalue weighted by Crippen LogP contribution is 2.28. The lowest BCUT2D eigenvalue weighted by Crippen LogP contribution is -2.48. The summed E-state index contributed by atoms with van der Waals surface area (Å²) in [5, 5.41) is 12.6. The number of benzene rings is 1. The van der Waals surface area contributed by atoms with Gasteiger partial charge in [0.15, 0.2) is 5.82 Å². The van der Waals surface area contributed by atoms with Crippen molar-refractivity contribution in [3.05, 3.63) is 60.3 Å². The molecule has 7 nitrogen and oxygen atoms in total. The van der Waals surface area contributed by atoms with Crippen LogP contribution in [0.3, 0.4) is 0 Å². The molecule has 1 aliphatic heterocycles. The minimum Gasteiger partial charge on any atom is -0.467 e. The van der Waals surface area contributed by atoms with Crippen molar-refractivity contribution in [3.8, 4) is 0 Å². The monoisotopic (exact) mass is 380 g/mol. The molecule has 4 rings (SSSR count). The first-order chi connectivity index (χ1) is 13.7. The molecule has 148 valence electrons. The Morgan fingerprint density at radius 3 is 2.46 bits per heavy atom. The molecule has 28 heavy (non-hydrogen) atoms. The Morgan fingerprint density at radius 1 is 1.00 bits per heavy atom. The third-order valence-corrected chi connectivity index (χ3v) is 5.31. The largest absolute Gasteiger partial charge is 0.467 e. The topological polar surface area (TPSA) is 63.2 Å². The normalized spacial score (nSPS) is 16.6. The Kier molecular flexibility index (Phi) is 5.71. The number of hydrogen-bond donors (Lipinski definition) is 0. The maximum absolute atomic E-state index is 5.49. The third kappa shape index (κ3) is 4.25. The van der Waals surface area contributed by atoms with Gasteiger partial charge in [0, 0.05) is 31.9 Å². The Balaban J connectivity index is 1.49. The molecule has 0 spiro atoms. The maximum Gasteiger partial charge on any atom is 0.168 e. The smallest absolute Gasteiger partial charge is 0.168 e. The van der Waals surface area contributed by atoms with Crippen LogP contribution >= 0.6 is 0 Å². The van der Waals surface area contributed by atoms with Gasteiger partial charge in [-0.1, -0.05) is 32.0 Å². The van der Waals surface area contributed by atoms with Crippen molar-refractivity contribution in [2.45, 2.75) is 32.9 Å². The van der Waals surface area contributed by atoms with Gasteiger partial charge in [0.2, 0.25) is 0 Å². The van der Waals surface area contributed by atoms with E-state index in [4.69, 9.17) is 4.42 Å². The fraction of sp³-hybridized carbons (Fsp3) is 0.476. The van der Waals surface area contributed by atoms with Gasteiger partial charge in [-0.2, -0.15) is 0 Å². The van der Waals surface area contributed by atoms with Crippen LogP contribution in [0.2, 0.25) is 0 Å². The zero-order chi connectivity index (χ0) is 19.3. The second-order valence-corrected chi connectivity index (χ2v) is 7.78. The standard InChI is InChI=1S/C21H28N6O/c1-17(2)15-20(21-22-23-24-27(21)16-19-9-6-14-28-19)26-12-10-25(11-13-26)18-7-4-3-5-8-18/h3-9,14,17,20H,10-13,15-16H2,1-2H3/t20-/m0/s1. The third-order valence-electron chi connectivity index (χ3n) is 5.31. The molecular formula is C21H28N6O. The van der Waals surface area contributed by atoms with E-state index in [0.29, 0.717) is 12.5 Å².